The van der Waals surface area contributed by atoms with Gasteiger partial charge in [0, 0.05) is 33.2 Å². The molecule has 0 bridgehead atoms. The van der Waals surface area contributed by atoms with E-state index < -0.39 is 5.97 Å². The Morgan fingerprint density at radius 3 is 2.28 bits per heavy atom. The number of amides is 2. The zero-order chi connectivity index (χ0) is 13.7. The second kappa shape index (κ2) is 6.58. The number of rotatable bonds is 4. The van der Waals surface area contributed by atoms with Gasteiger partial charge in [-0.25, -0.2) is 4.79 Å². The van der Waals surface area contributed by atoms with Gasteiger partial charge in [0.1, 0.15) is 6.54 Å². The fourth-order valence-electron chi connectivity index (χ4n) is 2.32. The third-order valence-electron chi connectivity index (χ3n) is 3.55. The van der Waals surface area contributed by atoms with Crippen molar-refractivity contribution < 1.29 is 14.7 Å². The van der Waals surface area contributed by atoms with Gasteiger partial charge in [-0.2, -0.15) is 0 Å². The summed E-state index contributed by atoms with van der Waals surface area (Å²) >= 11 is 0. The SMILES string of the molecule is CCN1CCC(N(C)C(=O)N(C)CC(=O)O)CC1. The first-order chi connectivity index (χ1) is 8.45. The van der Waals surface area contributed by atoms with Gasteiger partial charge in [-0.3, -0.25) is 4.79 Å². The Bertz CT molecular complexity index is 301. The minimum atomic E-state index is -0.986. The summed E-state index contributed by atoms with van der Waals surface area (Å²) in [4.78, 5) is 27.9. The van der Waals surface area contributed by atoms with E-state index in [4.69, 9.17) is 5.11 Å². The number of urea groups is 1. The van der Waals surface area contributed by atoms with E-state index in [0.29, 0.717) is 0 Å². The van der Waals surface area contributed by atoms with E-state index in [0.717, 1.165) is 32.5 Å². The summed E-state index contributed by atoms with van der Waals surface area (Å²) in [6.45, 7) is 4.93. The Morgan fingerprint density at radius 2 is 1.83 bits per heavy atom. The molecule has 0 aromatic carbocycles. The Morgan fingerprint density at radius 1 is 1.28 bits per heavy atom. The van der Waals surface area contributed by atoms with E-state index in [-0.39, 0.29) is 18.6 Å². The molecule has 1 saturated heterocycles. The molecule has 0 spiro atoms. The molecule has 6 heteroatoms. The lowest BCUT2D eigenvalue weighted by Crippen LogP contribution is -2.50. The zero-order valence-electron chi connectivity index (χ0n) is 11.4. The molecule has 0 atom stereocenters. The Labute approximate surface area is 108 Å². The van der Waals surface area contributed by atoms with Crippen LogP contribution in [0.1, 0.15) is 19.8 Å². The van der Waals surface area contributed by atoms with Crippen molar-refractivity contribution in [3.05, 3.63) is 0 Å². The molecule has 1 aliphatic rings. The molecule has 1 heterocycles. The third-order valence-corrected chi connectivity index (χ3v) is 3.55. The van der Waals surface area contributed by atoms with Gasteiger partial charge in [0.05, 0.1) is 0 Å². The van der Waals surface area contributed by atoms with E-state index in [1.165, 1.54) is 11.9 Å². The van der Waals surface area contributed by atoms with Crippen LogP contribution < -0.4 is 0 Å². The van der Waals surface area contributed by atoms with Crippen LogP contribution in [0.4, 0.5) is 4.79 Å². The number of aliphatic carboxylic acids is 1. The molecule has 0 aromatic rings. The summed E-state index contributed by atoms with van der Waals surface area (Å²) in [6, 6.07) is 0.00360. The van der Waals surface area contributed by atoms with Gasteiger partial charge < -0.3 is 19.8 Å². The minimum absolute atomic E-state index is 0.215. The third kappa shape index (κ3) is 3.87. The van der Waals surface area contributed by atoms with Gasteiger partial charge in [-0.15, -0.1) is 0 Å². The van der Waals surface area contributed by atoms with Crippen molar-refractivity contribution in [1.82, 2.24) is 14.7 Å². The maximum atomic E-state index is 12.0. The van der Waals surface area contributed by atoms with E-state index in [1.54, 1.807) is 11.9 Å². The lowest BCUT2D eigenvalue weighted by Gasteiger charge is -2.37. The number of carboxylic acid groups (broad SMARTS) is 1. The van der Waals surface area contributed by atoms with Crippen molar-refractivity contribution in [2.24, 2.45) is 0 Å². The maximum Gasteiger partial charge on any atom is 0.323 e. The van der Waals surface area contributed by atoms with Crippen LogP contribution in [0.2, 0.25) is 0 Å². The van der Waals surface area contributed by atoms with E-state index in [1.807, 2.05) is 0 Å². The largest absolute Gasteiger partial charge is 0.480 e. The predicted molar refractivity (Wildman–Crippen MR) is 68.6 cm³/mol. The second-order valence-corrected chi connectivity index (χ2v) is 4.81. The summed E-state index contributed by atoms with van der Waals surface area (Å²) in [7, 11) is 3.28. The van der Waals surface area contributed by atoms with Gasteiger partial charge in [0.2, 0.25) is 0 Å². The van der Waals surface area contributed by atoms with Gasteiger partial charge in [-0.05, 0) is 19.4 Å². The number of nitrogens with zero attached hydrogens (tertiary/aromatic N) is 3. The van der Waals surface area contributed by atoms with Crippen molar-refractivity contribution in [2.75, 3.05) is 40.3 Å². The molecule has 18 heavy (non-hydrogen) atoms. The number of piperidine rings is 1. The van der Waals surface area contributed by atoms with Gasteiger partial charge >= 0.3 is 12.0 Å². The highest BCUT2D eigenvalue weighted by atomic mass is 16.4. The lowest BCUT2D eigenvalue weighted by atomic mass is 10.0. The molecular weight excluding hydrogens is 234 g/mol. The first-order valence-electron chi connectivity index (χ1n) is 6.37. The molecule has 0 unspecified atom stereocenters. The van der Waals surface area contributed by atoms with Crippen LogP contribution in [-0.4, -0.2) is 78.1 Å². The summed E-state index contributed by atoms with van der Waals surface area (Å²) in [5.74, 6) is -0.986. The van der Waals surface area contributed by atoms with Crippen LogP contribution in [0, 0.1) is 0 Å². The molecule has 0 radical (unpaired) electrons. The minimum Gasteiger partial charge on any atom is -0.480 e. The number of hydrogen-bond acceptors (Lipinski definition) is 3. The number of hydrogen-bond donors (Lipinski definition) is 1. The van der Waals surface area contributed by atoms with E-state index in [2.05, 4.69) is 11.8 Å². The van der Waals surface area contributed by atoms with Crippen molar-refractivity contribution in [1.29, 1.82) is 0 Å². The molecule has 1 fully saturated rings. The number of carbonyl (C=O) groups is 2. The molecule has 2 amide bonds. The van der Waals surface area contributed by atoms with Crippen LogP contribution in [-0.2, 0) is 4.79 Å². The van der Waals surface area contributed by atoms with Gasteiger partial charge in [0.25, 0.3) is 0 Å². The number of likely N-dealkylation sites (tertiary alicyclic amines) is 1. The Hall–Kier alpha value is -1.30. The smallest absolute Gasteiger partial charge is 0.323 e. The average molecular weight is 257 g/mol. The normalized spacial score (nSPS) is 17.5. The number of carboxylic acids is 1. The Balaban J connectivity index is 2.46. The average Bonchev–Trinajstić information content (AvgIpc) is 2.36. The summed E-state index contributed by atoms with van der Waals surface area (Å²) in [5, 5.41) is 8.67. The van der Waals surface area contributed by atoms with E-state index in [9.17, 15) is 9.59 Å². The fraction of sp³-hybridized carbons (Fsp3) is 0.833. The van der Waals surface area contributed by atoms with Gasteiger partial charge in [0.15, 0.2) is 0 Å². The van der Waals surface area contributed by atoms with Crippen molar-refractivity contribution in [3.8, 4) is 0 Å². The highest BCUT2D eigenvalue weighted by molar-refractivity contribution is 5.79. The monoisotopic (exact) mass is 257 g/mol. The molecule has 1 aliphatic heterocycles. The van der Waals surface area contributed by atoms with Crippen molar-refractivity contribution >= 4 is 12.0 Å². The van der Waals surface area contributed by atoms with Gasteiger partial charge in [-0.1, -0.05) is 6.92 Å². The van der Waals surface area contributed by atoms with E-state index >= 15 is 0 Å². The van der Waals surface area contributed by atoms with Crippen LogP contribution in [0.3, 0.4) is 0 Å². The quantitative estimate of drug-likeness (QED) is 0.798. The Kier molecular flexibility index (Phi) is 5.40. The molecular formula is C12H23N3O3. The number of carbonyl (C=O) groups excluding carboxylic acids is 1. The van der Waals surface area contributed by atoms with Crippen LogP contribution >= 0.6 is 0 Å². The molecule has 0 aliphatic carbocycles. The van der Waals surface area contributed by atoms with Crippen molar-refractivity contribution in [2.45, 2.75) is 25.8 Å². The summed E-state index contributed by atoms with van der Waals surface area (Å²) < 4.78 is 0. The summed E-state index contributed by atoms with van der Waals surface area (Å²) in [5.41, 5.74) is 0. The summed E-state index contributed by atoms with van der Waals surface area (Å²) in [6.07, 6.45) is 1.91. The lowest BCUT2D eigenvalue weighted by molar-refractivity contribution is -0.137. The van der Waals surface area contributed by atoms with Crippen LogP contribution in [0.5, 0.6) is 0 Å². The predicted octanol–water partition coefficient (Wildman–Crippen LogP) is 0.539. The number of likely N-dealkylation sites (N-methyl/N-ethyl adjacent to an activating group) is 1. The molecule has 104 valence electrons. The highest BCUT2D eigenvalue weighted by Crippen LogP contribution is 2.16. The molecule has 0 saturated carbocycles. The first kappa shape index (κ1) is 14.8. The molecule has 1 N–H and O–H groups in total. The van der Waals surface area contributed by atoms with Crippen LogP contribution in [0.25, 0.3) is 0 Å². The van der Waals surface area contributed by atoms with Crippen molar-refractivity contribution in [3.63, 3.8) is 0 Å². The maximum absolute atomic E-state index is 12.0. The zero-order valence-corrected chi connectivity index (χ0v) is 11.4. The first-order valence-corrected chi connectivity index (χ1v) is 6.37. The molecule has 1 rings (SSSR count). The fourth-order valence-corrected chi connectivity index (χ4v) is 2.32. The molecule has 0 aromatic heterocycles. The second-order valence-electron chi connectivity index (χ2n) is 4.81. The molecule has 6 nitrogen and oxygen atoms in total. The highest BCUT2D eigenvalue weighted by Gasteiger charge is 2.26. The topological polar surface area (TPSA) is 64.1 Å². The standard InChI is InChI=1S/C12H23N3O3/c1-4-15-7-5-10(6-8-15)14(3)12(18)13(2)9-11(16)17/h10H,4-9H2,1-3H3,(H,16,17). The van der Waals surface area contributed by atoms with Crippen LogP contribution in [0.15, 0.2) is 0 Å².